The Balaban J connectivity index is 2.97. The zero-order chi connectivity index (χ0) is 14.9. The summed E-state index contributed by atoms with van der Waals surface area (Å²) in [6.45, 7) is 4.30. The zero-order valence-electron chi connectivity index (χ0n) is 12.0. The summed E-state index contributed by atoms with van der Waals surface area (Å²) in [6.07, 6.45) is 0.0186. The first-order valence-corrected chi connectivity index (χ1v) is 6.63. The summed E-state index contributed by atoms with van der Waals surface area (Å²) < 4.78 is 20.8. The van der Waals surface area contributed by atoms with Crippen molar-refractivity contribution >= 4 is 5.97 Å². The number of carboxylic acids is 1. The van der Waals surface area contributed by atoms with Crippen LogP contribution in [0.15, 0.2) is 5.11 Å². The first kappa shape index (κ1) is 18.9. The summed E-state index contributed by atoms with van der Waals surface area (Å²) in [5.41, 5.74) is 0. The van der Waals surface area contributed by atoms with Crippen molar-refractivity contribution in [3.8, 4) is 0 Å². The van der Waals surface area contributed by atoms with Gasteiger partial charge in [0.1, 0.15) is 6.54 Å². The Hall–Kier alpha value is -1.09. The van der Waals surface area contributed by atoms with Gasteiger partial charge in [-0.1, -0.05) is 0 Å². The second-order valence-electron chi connectivity index (χ2n) is 3.70. The molecule has 0 amide bonds. The van der Waals surface area contributed by atoms with Crippen molar-refractivity contribution < 1.29 is 34.0 Å². The molecule has 0 rings (SSSR count). The van der Waals surface area contributed by atoms with Crippen LogP contribution in [0.25, 0.3) is 0 Å². The molecule has 0 aromatic heterocycles. The van der Waals surface area contributed by atoms with E-state index >= 15 is 0 Å². The lowest BCUT2D eigenvalue weighted by atomic mass is 10.5. The van der Waals surface area contributed by atoms with Crippen LogP contribution < -0.4 is 5.11 Å². The maximum Gasteiger partial charge on any atom is 0.305 e. The number of carboxylic acid groups (broad SMARTS) is 1. The van der Waals surface area contributed by atoms with Gasteiger partial charge in [-0.05, 0) is 5.11 Å². The fraction of sp³-hybridized carbons (Fsp3) is 0.917. The third-order valence-electron chi connectivity index (χ3n) is 2.08. The van der Waals surface area contributed by atoms with Gasteiger partial charge in [0.15, 0.2) is 7.05 Å². The minimum atomic E-state index is -0.860. The highest BCUT2D eigenvalue weighted by Gasteiger charge is 1.96. The molecular weight excluding hydrogens is 268 g/mol. The molecule has 0 atom stereocenters. The molecule has 0 aromatic carbocycles. The Bertz CT molecular complexity index is 250. The van der Waals surface area contributed by atoms with Crippen molar-refractivity contribution in [3.63, 3.8) is 0 Å². The lowest BCUT2D eigenvalue weighted by molar-refractivity contribution is -0.501. The number of nitrogens with zero attached hydrogens (tertiary/aromatic N) is 1. The molecule has 0 bridgehead atoms. The molecule has 0 fully saturated rings. The van der Waals surface area contributed by atoms with Gasteiger partial charge in [-0.2, -0.15) is 0 Å². The van der Waals surface area contributed by atoms with Crippen molar-refractivity contribution in [2.75, 3.05) is 66.4 Å². The van der Waals surface area contributed by atoms with Crippen molar-refractivity contribution in [1.29, 1.82) is 0 Å². The van der Waals surface area contributed by atoms with Crippen LogP contribution in [0.1, 0.15) is 6.42 Å². The van der Waals surface area contributed by atoms with Crippen LogP contribution in [0.5, 0.6) is 0 Å². The van der Waals surface area contributed by atoms with Crippen LogP contribution in [0.4, 0.5) is 0 Å². The normalized spacial score (nSPS) is 11.2. The molecule has 2 N–H and O–H groups in total. The van der Waals surface area contributed by atoms with Gasteiger partial charge in [0, 0.05) is 0 Å². The van der Waals surface area contributed by atoms with E-state index in [1.807, 2.05) is 0 Å². The van der Waals surface area contributed by atoms with Crippen molar-refractivity contribution in [2.24, 2.45) is 5.11 Å². The fourth-order valence-electron chi connectivity index (χ4n) is 1.14. The molecule has 118 valence electrons. The molecule has 0 aliphatic carbocycles. The maximum atomic E-state index is 10.2. The monoisotopic (exact) mass is 293 g/mol. The maximum absolute atomic E-state index is 10.2. The minimum absolute atomic E-state index is 0.0186. The molecule has 0 aliphatic rings. The van der Waals surface area contributed by atoms with E-state index in [9.17, 15) is 4.79 Å². The van der Waals surface area contributed by atoms with E-state index in [4.69, 9.17) is 24.1 Å². The van der Waals surface area contributed by atoms with E-state index in [1.165, 1.54) is 0 Å². The summed E-state index contributed by atoms with van der Waals surface area (Å²) in [4.78, 5) is 10.2. The van der Waals surface area contributed by atoms with Crippen LogP contribution >= 0.6 is 0 Å². The molecule has 8 nitrogen and oxygen atoms in total. The predicted molar refractivity (Wildman–Crippen MR) is 69.7 cm³/mol. The lowest BCUT2D eigenvalue weighted by Gasteiger charge is -2.06. The number of azo groups is 1. The van der Waals surface area contributed by atoms with E-state index in [-0.39, 0.29) is 13.0 Å². The van der Waals surface area contributed by atoms with Crippen LogP contribution in [0.3, 0.4) is 0 Å². The largest absolute Gasteiger partial charge is 0.481 e. The van der Waals surface area contributed by atoms with E-state index in [0.717, 1.165) is 0 Å². The first-order chi connectivity index (χ1) is 9.77. The standard InChI is InChI=1S/C12H24N2O6/c1-13-14-3-5-18-7-9-20-11-10-19-8-6-17-4-2-12(15)16/h2-11H2,1H3,(H,15,16)/p+1. The zero-order valence-corrected chi connectivity index (χ0v) is 12.0. The van der Waals surface area contributed by atoms with Gasteiger partial charge >= 0.3 is 5.97 Å². The number of hydrogen-bond acceptors (Lipinski definition) is 6. The van der Waals surface area contributed by atoms with Crippen LogP contribution in [-0.4, -0.2) is 77.5 Å². The summed E-state index contributed by atoms with van der Waals surface area (Å²) >= 11 is 0. The van der Waals surface area contributed by atoms with Crippen LogP contribution in [0, 0.1) is 0 Å². The van der Waals surface area contributed by atoms with Gasteiger partial charge < -0.3 is 24.1 Å². The fourth-order valence-corrected chi connectivity index (χ4v) is 1.14. The average Bonchev–Trinajstić information content (AvgIpc) is 2.43. The van der Waals surface area contributed by atoms with E-state index < -0.39 is 5.97 Å². The second kappa shape index (κ2) is 16.0. The van der Waals surface area contributed by atoms with E-state index in [1.54, 1.807) is 7.05 Å². The second-order valence-corrected chi connectivity index (χ2v) is 3.70. The molecule has 0 aromatic rings. The number of nitrogens with one attached hydrogen (secondary N) is 1. The smallest absolute Gasteiger partial charge is 0.305 e. The minimum Gasteiger partial charge on any atom is -0.481 e. The first-order valence-electron chi connectivity index (χ1n) is 6.63. The molecule has 0 saturated carbocycles. The average molecular weight is 293 g/mol. The molecule has 0 unspecified atom stereocenters. The Morgan fingerprint density at radius 3 is 1.80 bits per heavy atom. The highest BCUT2D eigenvalue weighted by Crippen LogP contribution is 1.85. The van der Waals surface area contributed by atoms with Gasteiger partial charge in [0.2, 0.25) is 0 Å². The van der Waals surface area contributed by atoms with Gasteiger partial charge in [0.05, 0.1) is 59.3 Å². The molecule has 8 heteroatoms. The molecule has 0 saturated heterocycles. The van der Waals surface area contributed by atoms with E-state index in [2.05, 4.69) is 10.2 Å². The van der Waals surface area contributed by atoms with Crippen molar-refractivity contribution in [3.05, 3.63) is 0 Å². The quantitative estimate of drug-likeness (QED) is 0.287. The topological polar surface area (TPSA) is 101 Å². The predicted octanol–water partition coefficient (Wildman–Crippen LogP) is -1.31. The number of hydrogen-bond donors (Lipinski definition) is 2. The molecule has 0 heterocycles. The summed E-state index contributed by atoms with van der Waals surface area (Å²) in [5, 5.41) is 14.9. The van der Waals surface area contributed by atoms with Gasteiger partial charge in [-0.25, -0.2) is 0 Å². The summed E-state index contributed by atoms with van der Waals surface area (Å²) in [7, 11) is 1.75. The third kappa shape index (κ3) is 16.9. The molecule has 20 heavy (non-hydrogen) atoms. The Labute approximate surface area is 119 Å². The van der Waals surface area contributed by atoms with Gasteiger partial charge in [0.25, 0.3) is 0 Å². The number of carbonyl (C=O) groups is 1. The highest BCUT2D eigenvalue weighted by molar-refractivity contribution is 5.66. The lowest BCUT2D eigenvalue weighted by Crippen LogP contribution is -2.59. The summed E-state index contributed by atoms with van der Waals surface area (Å²) in [5.74, 6) is -0.860. The molecular formula is C12H25N2O6+. The van der Waals surface area contributed by atoms with Crippen molar-refractivity contribution in [1.82, 2.24) is 0 Å². The van der Waals surface area contributed by atoms with Crippen LogP contribution in [0.2, 0.25) is 0 Å². The van der Waals surface area contributed by atoms with Gasteiger partial charge in [-0.15, -0.1) is 5.11 Å². The Morgan fingerprint density at radius 2 is 1.35 bits per heavy atom. The Morgan fingerprint density at radius 1 is 0.900 bits per heavy atom. The van der Waals surface area contributed by atoms with Crippen molar-refractivity contribution in [2.45, 2.75) is 6.42 Å². The SMILES string of the molecule is C[NH+]=NCCOCCOCCOCCOCCC(=O)O. The number of aliphatic carboxylic acids is 1. The molecule has 0 aliphatic heterocycles. The summed E-state index contributed by atoms with van der Waals surface area (Å²) in [6, 6.07) is 0. The van der Waals surface area contributed by atoms with Crippen LogP contribution in [-0.2, 0) is 23.7 Å². The van der Waals surface area contributed by atoms with E-state index in [0.29, 0.717) is 52.8 Å². The number of rotatable bonds is 15. The number of ether oxygens (including phenoxy) is 4. The van der Waals surface area contributed by atoms with Gasteiger partial charge in [-0.3, -0.25) is 4.79 Å². The Kier molecular flexibility index (Phi) is 15.1. The molecule has 0 radical (unpaired) electrons. The third-order valence-corrected chi connectivity index (χ3v) is 2.08. The molecule has 0 spiro atoms. The highest BCUT2D eigenvalue weighted by atomic mass is 16.6.